The number of fused-ring (bicyclic) bond motifs is 2. The van der Waals surface area contributed by atoms with Gasteiger partial charge in [0.15, 0.2) is 0 Å². The molecular formula is C19H22ClN3. The van der Waals surface area contributed by atoms with E-state index in [-0.39, 0.29) is 0 Å². The van der Waals surface area contributed by atoms with Gasteiger partial charge in [0, 0.05) is 29.4 Å². The first-order valence-electron chi connectivity index (χ1n) is 8.22. The smallest absolute Gasteiger partial charge is 0.138 e. The molecule has 0 amide bonds. The molecule has 120 valence electrons. The largest absolute Gasteiger partial charge is 0.356 e. The Kier molecular flexibility index (Phi) is 4.87. The van der Waals surface area contributed by atoms with Crippen LogP contribution in [0.3, 0.4) is 0 Å². The van der Waals surface area contributed by atoms with E-state index in [1.807, 2.05) is 24.3 Å². The van der Waals surface area contributed by atoms with Crippen LogP contribution < -0.4 is 5.32 Å². The molecule has 0 bridgehead atoms. The Bertz CT molecular complexity index is 718. The molecule has 0 atom stereocenters. The number of anilines is 2. The van der Waals surface area contributed by atoms with E-state index >= 15 is 0 Å². The predicted octanol–water partition coefficient (Wildman–Crippen LogP) is 5.60. The van der Waals surface area contributed by atoms with E-state index in [9.17, 15) is 0 Å². The number of rotatable bonds is 4. The third-order valence-electron chi connectivity index (χ3n) is 3.91. The number of aliphatic imine (C=N–C) groups is 1. The average molecular weight is 328 g/mol. The van der Waals surface area contributed by atoms with Gasteiger partial charge in [0.25, 0.3) is 0 Å². The topological polar surface area (TPSA) is 27.6 Å². The van der Waals surface area contributed by atoms with Crippen LogP contribution in [0.4, 0.5) is 17.1 Å². The molecule has 1 aliphatic heterocycles. The molecule has 1 aliphatic rings. The van der Waals surface area contributed by atoms with Crippen molar-refractivity contribution in [2.24, 2.45) is 4.99 Å². The molecule has 0 saturated heterocycles. The van der Waals surface area contributed by atoms with Crippen LogP contribution in [-0.2, 0) is 0 Å². The van der Waals surface area contributed by atoms with Crippen molar-refractivity contribution in [3.05, 3.63) is 53.1 Å². The van der Waals surface area contributed by atoms with Gasteiger partial charge < -0.3 is 10.2 Å². The van der Waals surface area contributed by atoms with Gasteiger partial charge in [-0.2, -0.15) is 0 Å². The Morgan fingerprint density at radius 2 is 1.74 bits per heavy atom. The van der Waals surface area contributed by atoms with Crippen LogP contribution in [0, 0.1) is 0 Å². The number of halogens is 1. The number of benzene rings is 2. The highest BCUT2D eigenvalue weighted by Crippen LogP contribution is 2.36. The molecular weight excluding hydrogens is 306 g/mol. The van der Waals surface area contributed by atoms with Crippen LogP contribution in [-0.4, -0.2) is 23.8 Å². The summed E-state index contributed by atoms with van der Waals surface area (Å²) in [5.41, 5.74) is 4.11. The summed E-state index contributed by atoms with van der Waals surface area (Å²) in [5, 5.41) is 4.21. The quantitative estimate of drug-likeness (QED) is 0.791. The normalized spacial score (nSPS) is 12.6. The molecule has 0 saturated carbocycles. The van der Waals surface area contributed by atoms with Gasteiger partial charge in [0.2, 0.25) is 0 Å². The molecule has 1 heterocycles. The molecule has 0 spiro atoms. The third-order valence-corrected chi connectivity index (χ3v) is 4.15. The molecule has 0 unspecified atom stereocenters. The van der Waals surface area contributed by atoms with E-state index in [2.05, 4.69) is 42.3 Å². The highest BCUT2D eigenvalue weighted by Gasteiger charge is 2.20. The third kappa shape index (κ3) is 3.35. The first-order chi connectivity index (χ1) is 11.2. The van der Waals surface area contributed by atoms with E-state index in [1.54, 1.807) is 0 Å². The molecule has 1 N–H and O–H groups in total. The molecule has 2 aromatic carbocycles. The maximum Gasteiger partial charge on any atom is 0.138 e. The summed E-state index contributed by atoms with van der Waals surface area (Å²) in [6, 6.07) is 14.2. The van der Waals surface area contributed by atoms with Gasteiger partial charge in [-0.05, 0) is 43.2 Å². The molecule has 3 nitrogen and oxygen atoms in total. The second-order valence-corrected chi connectivity index (χ2v) is 6.19. The second kappa shape index (κ2) is 7.05. The summed E-state index contributed by atoms with van der Waals surface area (Å²) >= 11 is 6.18. The van der Waals surface area contributed by atoms with Crippen LogP contribution in [0.25, 0.3) is 0 Å². The summed E-state index contributed by atoms with van der Waals surface area (Å²) in [6.45, 7) is 6.40. The Hall–Kier alpha value is -2.00. The maximum absolute atomic E-state index is 6.18. The first kappa shape index (κ1) is 15.9. The Balaban J connectivity index is 2.16. The fourth-order valence-corrected chi connectivity index (χ4v) is 3.08. The highest BCUT2D eigenvalue weighted by molar-refractivity contribution is 6.31. The summed E-state index contributed by atoms with van der Waals surface area (Å²) in [5.74, 6) is 1.03. The highest BCUT2D eigenvalue weighted by atomic mass is 35.5. The van der Waals surface area contributed by atoms with Crippen molar-refractivity contribution in [3.8, 4) is 0 Å². The molecule has 0 aromatic heterocycles. The molecule has 0 aliphatic carbocycles. The second-order valence-electron chi connectivity index (χ2n) is 5.75. The minimum Gasteiger partial charge on any atom is -0.356 e. The van der Waals surface area contributed by atoms with E-state index in [0.29, 0.717) is 5.02 Å². The summed E-state index contributed by atoms with van der Waals surface area (Å²) in [4.78, 5) is 7.35. The van der Waals surface area contributed by atoms with Gasteiger partial charge in [-0.15, -0.1) is 0 Å². The van der Waals surface area contributed by atoms with Gasteiger partial charge >= 0.3 is 0 Å². The lowest BCUT2D eigenvalue weighted by atomic mass is 10.1. The molecule has 3 rings (SSSR count). The number of nitrogens with one attached hydrogen (secondary N) is 1. The zero-order valence-electron chi connectivity index (χ0n) is 13.6. The van der Waals surface area contributed by atoms with E-state index in [1.165, 1.54) is 0 Å². The summed E-state index contributed by atoms with van der Waals surface area (Å²) in [7, 11) is 0. The Morgan fingerprint density at radius 3 is 2.48 bits per heavy atom. The lowest BCUT2D eigenvalue weighted by Crippen LogP contribution is -2.33. The minimum atomic E-state index is 0.706. The van der Waals surface area contributed by atoms with E-state index in [0.717, 1.165) is 54.4 Å². The van der Waals surface area contributed by atoms with Crippen LogP contribution >= 0.6 is 11.6 Å². The van der Waals surface area contributed by atoms with Crippen molar-refractivity contribution in [3.63, 3.8) is 0 Å². The zero-order valence-corrected chi connectivity index (χ0v) is 14.4. The van der Waals surface area contributed by atoms with Crippen molar-refractivity contribution in [1.29, 1.82) is 0 Å². The van der Waals surface area contributed by atoms with Crippen molar-refractivity contribution >= 4 is 34.5 Å². The van der Waals surface area contributed by atoms with E-state index < -0.39 is 0 Å². The summed E-state index contributed by atoms with van der Waals surface area (Å²) < 4.78 is 0. The lowest BCUT2D eigenvalue weighted by molar-refractivity contribution is 0.418. The monoisotopic (exact) mass is 327 g/mol. The number of hydrogen-bond acceptors (Lipinski definition) is 3. The SMILES string of the molecule is CCCN(CCC)C1=Nc2cc(Cl)ccc2Nc2ccccc21. The van der Waals surface area contributed by atoms with Crippen molar-refractivity contribution in [2.75, 3.05) is 18.4 Å². The number of para-hydroxylation sites is 1. The Labute approximate surface area is 143 Å². The fourth-order valence-electron chi connectivity index (χ4n) is 2.91. The van der Waals surface area contributed by atoms with Crippen molar-refractivity contribution < 1.29 is 0 Å². The van der Waals surface area contributed by atoms with Gasteiger partial charge in [-0.1, -0.05) is 37.6 Å². The summed E-state index contributed by atoms with van der Waals surface area (Å²) in [6.07, 6.45) is 2.19. The fraction of sp³-hybridized carbons (Fsp3) is 0.316. The van der Waals surface area contributed by atoms with Crippen molar-refractivity contribution in [1.82, 2.24) is 4.90 Å². The molecule has 0 radical (unpaired) electrons. The molecule has 0 fully saturated rings. The Morgan fingerprint density at radius 1 is 1.00 bits per heavy atom. The van der Waals surface area contributed by atoms with Gasteiger partial charge in [-0.3, -0.25) is 0 Å². The number of amidine groups is 1. The van der Waals surface area contributed by atoms with Gasteiger partial charge in [0.1, 0.15) is 5.84 Å². The standard InChI is InChI=1S/C19H22ClN3/c1-3-11-23(12-4-2)19-15-7-5-6-8-16(15)21-17-10-9-14(20)13-18(17)22-19/h5-10,13,21H,3-4,11-12H2,1-2H3. The van der Waals surface area contributed by atoms with Crippen molar-refractivity contribution in [2.45, 2.75) is 26.7 Å². The van der Waals surface area contributed by atoms with Crippen LogP contribution in [0.2, 0.25) is 5.02 Å². The lowest BCUT2D eigenvalue weighted by Gasteiger charge is -2.26. The van der Waals surface area contributed by atoms with Crippen LogP contribution in [0.1, 0.15) is 32.3 Å². The van der Waals surface area contributed by atoms with Crippen LogP contribution in [0.5, 0.6) is 0 Å². The van der Waals surface area contributed by atoms with E-state index in [4.69, 9.17) is 16.6 Å². The average Bonchev–Trinajstić information content (AvgIpc) is 2.71. The molecule has 23 heavy (non-hydrogen) atoms. The van der Waals surface area contributed by atoms with Crippen LogP contribution in [0.15, 0.2) is 47.5 Å². The number of hydrogen-bond donors (Lipinski definition) is 1. The predicted molar refractivity (Wildman–Crippen MR) is 99.5 cm³/mol. The van der Waals surface area contributed by atoms with Gasteiger partial charge in [-0.25, -0.2) is 4.99 Å². The zero-order chi connectivity index (χ0) is 16.2. The van der Waals surface area contributed by atoms with Gasteiger partial charge in [0.05, 0.1) is 11.4 Å². The maximum atomic E-state index is 6.18. The first-order valence-corrected chi connectivity index (χ1v) is 8.60. The number of nitrogens with zero attached hydrogens (tertiary/aromatic N) is 2. The molecule has 2 aromatic rings. The minimum absolute atomic E-state index is 0.706. The molecule has 4 heteroatoms.